The van der Waals surface area contributed by atoms with Crippen LogP contribution in [-0.4, -0.2) is 60.7 Å². The Labute approximate surface area is 260 Å². The molecular weight excluding hydrogens is 578 g/mol. The van der Waals surface area contributed by atoms with Crippen molar-refractivity contribution < 1.29 is 38.2 Å². The van der Waals surface area contributed by atoms with Crippen molar-refractivity contribution in [2.24, 2.45) is 5.16 Å². The summed E-state index contributed by atoms with van der Waals surface area (Å²) in [5, 5.41) is 22.6. The first-order chi connectivity index (χ1) is 21.5. The predicted octanol–water partition coefficient (Wildman–Crippen LogP) is 4.80. The van der Waals surface area contributed by atoms with E-state index in [0.717, 1.165) is 16.7 Å². The van der Waals surface area contributed by atoms with Crippen molar-refractivity contribution in [3.63, 3.8) is 0 Å². The molecule has 4 atom stereocenters. The molecule has 0 radical (unpaired) electrons. The Kier molecular flexibility index (Phi) is 10.3. The summed E-state index contributed by atoms with van der Waals surface area (Å²) in [6.45, 7) is 6.11. The molecule has 1 aliphatic rings. The molecule has 1 aliphatic heterocycles. The van der Waals surface area contributed by atoms with E-state index in [1.165, 1.54) is 6.92 Å². The lowest BCUT2D eigenvalue weighted by Gasteiger charge is -2.33. The van der Waals surface area contributed by atoms with E-state index in [9.17, 15) is 19.6 Å². The van der Waals surface area contributed by atoms with E-state index in [-0.39, 0.29) is 16.7 Å². The molecule has 0 aliphatic carbocycles. The lowest BCUT2D eigenvalue weighted by molar-refractivity contribution is -0.0794. The minimum atomic E-state index is -1.88. The summed E-state index contributed by atoms with van der Waals surface area (Å²) >= 11 is 0. The monoisotopic (exact) mass is 609 g/mol. The lowest BCUT2D eigenvalue weighted by Crippen LogP contribution is -2.53. The molecule has 3 aromatic carbocycles. The molecule has 0 amide bonds. The van der Waals surface area contributed by atoms with Crippen molar-refractivity contribution in [3.8, 4) is 12.1 Å². The van der Waals surface area contributed by atoms with Crippen molar-refractivity contribution in [2.45, 2.75) is 51.6 Å². The molecule has 0 N–H and O–H groups in total. The van der Waals surface area contributed by atoms with E-state index >= 15 is 0 Å². The van der Waals surface area contributed by atoms with Crippen LogP contribution in [0.1, 0.15) is 54.7 Å². The van der Waals surface area contributed by atoms with E-state index in [4.69, 9.17) is 29.0 Å². The van der Waals surface area contributed by atoms with Gasteiger partial charge in [0.25, 0.3) is 0 Å². The standard InChI is InChI=1S/C34H31N3O8/c1-21-5-11-24(12-6-21)31(38)41-20-28-30(44-32(39)25-13-7-22(2)8-14-25)34(4,29(43-28)27(19-36)37-42-18-17-35)45-33(40)26-15-9-23(3)10-16-26/h5-16,28-30H,18,20H2,1-4H3/b37-27+/t28?,29-,30-,34+/m1/s1. The van der Waals surface area contributed by atoms with Gasteiger partial charge in [0.1, 0.15) is 24.8 Å². The second-order valence-corrected chi connectivity index (χ2v) is 10.7. The van der Waals surface area contributed by atoms with Crippen LogP contribution in [0.2, 0.25) is 0 Å². The van der Waals surface area contributed by atoms with E-state index in [0.29, 0.717) is 0 Å². The third kappa shape index (κ3) is 7.71. The first-order valence-electron chi connectivity index (χ1n) is 14.0. The van der Waals surface area contributed by atoms with Crippen molar-refractivity contribution in [3.05, 3.63) is 106 Å². The molecule has 230 valence electrons. The predicted molar refractivity (Wildman–Crippen MR) is 160 cm³/mol. The van der Waals surface area contributed by atoms with Gasteiger partial charge in [-0.05, 0) is 64.1 Å². The van der Waals surface area contributed by atoms with Crippen molar-refractivity contribution >= 4 is 23.6 Å². The topological polar surface area (TPSA) is 157 Å². The van der Waals surface area contributed by atoms with Crippen LogP contribution in [0.5, 0.6) is 0 Å². The van der Waals surface area contributed by atoms with Crippen LogP contribution in [0.15, 0.2) is 78.0 Å². The molecule has 0 bridgehead atoms. The fraction of sp³-hybridized carbons (Fsp3) is 0.294. The van der Waals surface area contributed by atoms with E-state index in [1.54, 1.807) is 78.9 Å². The number of rotatable bonds is 10. The van der Waals surface area contributed by atoms with Gasteiger partial charge >= 0.3 is 17.9 Å². The summed E-state index contributed by atoms with van der Waals surface area (Å²) in [5.74, 6) is -2.24. The molecule has 0 spiro atoms. The van der Waals surface area contributed by atoms with Crippen LogP contribution in [-0.2, 0) is 23.8 Å². The van der Waals surface area contributed by atoms with Crippen molar-refractivity contribution in [1.82, 2.24) is 0 Å². The average molecular weight is 610 g/mol. The Hall–Kier alpha value is -5.52. The summed E-state index contributed by atoms with van der Waals surface area (Å²) in [5.41, 5.74) is 1.18. The number of benzene rings is 3. The maximum absolute atomic E-state index is 13.5. The number of esters is 3. The fourth-order valence-corrected chi connectivity index (χ4v) is 4.68. The Bertz CT molecular complexity index is 1650. The summed E-state index contributed by atoms with van der Waals surface area (Å²) in [6.07, 6.45) is -4.07. The molecule has 0 saturated carbocycles. The average Bonchev–Trinajstić information content (AvgIpc) is 3.29. The number of nitrogens with zero attached hydrogens (tertiary/aromatic N) is 3. The third-order valence-corrected chi connectivity index (χ3v) is 7.18. The number of hydrogen-bond acceptors (Lipinski definition) is 11. The summed E-state index contributed by atoms with van der Waals surface area (Å²) in [6, 6.07) is 23.5. The first kappa shape index (κ1) is 32.4. The van der Waals surface area contributed by atoms with Crippen LogP contribution >= 0.6 is 0 Å². The second-order valence-electron chi connectivity index (χ2n) is 10.7. The highest BCUT2D eigenvalue weighted by Gasteiger charge is 2.61. The summed E-state index contributed by atoms with van der Waals surface area (Å²) in [4.78, 5) is 44.7. The Morgan fingerprint density at radius 3 is 1.78 bits per heavy atom. The molecule has 3 aromatic rings. The molecule has 45 heavy (non-hydrogen) atoms. The third-order valence-electron chi connectivity index (χ3n) is 7.18. The van der Waals surface area contributed by atoms with Crippen LogP contribution < -0.4 is 0 Å². The SMILES string of the molecule is Cc1ccc(C(=O)OCC2O[C@H](/C(C#N)=N/OCC#N)[C@](C)(OC(=O)c3ccc(C)cc3)[C@@H]2OC(=O)c2ccc(C)cc2)cc1. The number of carbonyl (C=O) groups excluding carboxylic acids is 3. The zero-order valence-electron chi connectivity index (χ0n) is 25.2. The quantitative estimate of drug-likeness (QED) is 0.103. The summed E-state index contributed by atoms with van der Waals surface area (Å²) in [7, 11) is 0. The number of aryl methyl sites for hydroxylation is 3. The molecule has 1 fully saturated rings. The van der Waals surface area contributed by atoms with Gasteiger partial charge in [-0.25, -0.2) is 14.4 Å². The minimum absolute atomic E-state index is 0.189. The number of carbonyl (C=O) groups is 3. The highest BCUT2D eigenvalue weighted by atomic mass is 16.7. The Morgan fingerprint density at radius 1 is 0.800 bits per heavy atom. The largest absolute Gasteiger partial charge is 0.459 e. The van der Waals surface area contributed by atoms with Gasteiger partial charge in [0.2, 0.25) is 6.61 Å². The smallest absolute Gasteiger partial charge is 0.338 e. The van der Waals surface area contributed by atoms with Crippen LogP contribution in [0.3, 0.4) is 0 Å². The molecule has 1 saturated heterocycles. The van der Waals surface area contributed by atoms with Gasteiger partial charge in [-0.2, -0.15) is 10.5 Å². The maximum Gasteiger partial charge on any atom is 0.338 e. The van der Waals surface area contributed by atoms with E-state index in [1.807, 2.05) is 26.8 Å². The Morgan fingerprint density at radius 2 is 1.29 bits per heavy atom. The second kappa shape index (κ2) is 14.3. The van der Waals surface area contributed by atoms with Crippen molar-refractivity contribution in [1.29, 1.82) is 10.5 Å². The van der Waals surface area contributed by atoms with Gasteiger partial charge < -0.3 is 23.8 Å². The number of oxime groups is 1. The van der Waals surface area contributed by atoms with Crippen LogP contribution in [0.4, 0.5) is 0 Å². The van der Waals surface area contributed by atoms with Gasteiger partial charge in [0.05, 0.1) is 16.7 Å². The highest BCUT2D eigenvalue weighted by Crippen LogP contribution is 2.39. The molecule has 0 aromatic heterocycles. The Balaban J connectivity index is 1.73. The zero-order valence-corrected chi connectivity index (χ0v) is 25.2. The van der Waals surface area contributed by atoms with Gasteiger partial charge in [-0.15, -0.1) is 0 Å². The van der Waals surface area contributed by atoms with Gasteiger partial charge in [0, 0.05) is 0 Å². The number of ether oxygens (including phenoxy) is 4. The van der Waals surface area contributed by atoms with E-state index in [2.05, 4.69) is 5.16 Å². The number of nitriles is 2. The summed E-state index contributed by atoms with van der Waals surface area (Å²) < 4.78 is 23.6. The molecule has 1 heterocycles. The number of hydrogen-bond donors (Lipinski definition) is 0. The van der Waals surface area contributed by atoms with Crippen LogP contribution in [0, 0.1) is 43.4 Å². The first-order valence-corrected chi connectivity index (χ1v) is 14.0. The van der Waals surface area contributed by atoms with E-state index < -0.39 is 60.7 Å². The normalized spacial score (nSPS) is 20.8. The van der Waals surface area contributed by atoms with Crippen molar-refractivity contribution in [2.75, 3.05) is 13.2 Å². The van der Waals surface area contributed by atoms with Gasteiger partial charge in [-0.3, -0.25) is 0 Å². The molecule has 4 rings (SSSR count). The lowest BCUT2D eigenvalue weighted by atomic mass is 9.89. The molecular formula is C34H31N3O8. The maximum atomic E-state index is 13.5. The van der Waals surface area contributed by atoms with Crippen LogP contribution in [0.25, 0.3) is 0 Å². The minimum Gasteiger partial charge on any atom is -0.459 e. The van der Waals surface area contributed by atoms with Gasteiger partial charge in [-0.1, -0.05) is 58.2 Å². The van der Waals surface area contributed by atoms with Gasteiger partial charge in [0.15, 0.2) is 23.5 Å². The highest BCUT2D eigenvalue weighted by molar-refractivity contribution is 6.03. The molecule has 11 nitrogen and oxygen atoms in total. The fourth-order valence-electron chi connectivity index (χ4n) is 4.68. The molecule has 11 heteroatoms. The zero-order chi connectivity index (χ0) is 32.6. The molecule has 1 unspecified atom stereocenters.